The molecule has 0 aliphatic heterocycles. The highest BCUT2D eigenvalue weighted by Crippen LogP contribution is 2.16. The summed E-state index contributed by atoms with van der Waals surface area (Å²) >= 11 is 0. The van der Waals surface area contributed by atoms with Crippen LogP contribution in [-0.2, 0) is 4.79 Å². The highest BCUT2D eigenvalue weighted by Gasteiger charge is 2.14. The highest BCUT2D eigenvalue weighted by molar-refractivity contribution is 5.80. The van der Waals surface area contributed by atoms with Gasteiger partial charge < -0.3 is 15.2 Å². The summed E-state index contributed by atoms with van der Waals surface area (Å²) in [7, 11) is 0. The molecule has 0 aliphatic rings. The topological polar surface area (TPSA) is 80.0 Å². The summed E-state index contributed by atoms with van der Waals surface area (Å²) < 4.78 is 5.05. The number of nitrogens with one attached hydrogen (secondary N) is 2. The number of carbonyl (C=O) groups is 1. The first-order valence-electron chi connectivity index (χ1n) is 6.38. The second-order valence-electron chi connectivity index (χ2n) is 5.44. The first kappa shape index (κ1) is 14.0. The van der Waals surface area contributed by atoms with Crippen LogP contribution in [0.2, 0.25) is 0 Å². The van der Waals surface area contributed by atoms with Crippen LogP contribution in [0.25, 0.3) is 11.4 Å². The van der Waals surface area contributed by atoms with E-state index in [2.05, 4.69) is 20.8 Å². The Balaban J connectivity index is 1.92. The van der Waals surface area contributed by atoms with E-state index in [4.69, 9.17) is 4.52 Å². The van der Waals surface area contributed by atoms with E-state index in [-0.39, 0.29) is 24.0 Å². The Kier molecular flexibility index (Phi) is 4.02. The maximum Gasteiger partial charge on any atom is 0.322 e. The van der Waals surface area contributed by atoms with Gasteiger partial charge in [0.1, 0.15) is 0 Å². The molecule has 0 unspecified atom stereocenters. The van der Waals surface area contributed by atoms with Crippen molar-refractivity contribution in [3.8, 4) is 11.4 Å². The van der Waals surface area contributed by atoms with Crippen LogP contribution in [0.5, 0.6) is 0 Å². The molecule has 0 radical (unpaired) electrons. The van der Waals surface area contributed by atoms with Crippen molar-refractivity contribution in [1.29, 1.82) is 0 Å². The van der Waals surface area contributed by atoms with Gasteiger partial charge in [-0.05, 0) is 20.8 Å². The zero-order valence-corrected chi connectivity index (χ0v) is 11.8. The summed E-state index contributed by atoms with van der Waals surface area (Å²) in [6.45, 7) is 5.86. The fourth-order valence-corrected chi connectivity index (χ4v) is 1.62. The molecule has 106 valence electrons. The van der Waals surface area contributed by atoms with E-state index in [1.807, 2.05) is 51.1 Å². The van der Waals surface area contributed by atoms with E-state index in [1.165, 1.54) is 0 Å². The Labute approximate surface area is 117 Å². The van der Waals surface area contributed by atoms with Crippen LogP contribution >= 0.6 is 0 Å². The largest absolute Gasteiger partial charge is 0.350 e. The van der Waals surface area contributed by atoms with E-state index in [0.29, 0.717) is 5.82 Å². The maximum atomic E-state index is 11.6. The van der Waals surface area contributed by atoms with Crippen LogP contribution in [0.4, 0.5) is 6.01 Å². The van der Waals surface area contributed by atoms with Gasteiger partial charge in [0.2, 0.25) is 11.7 Å². The third kappa shape index (κ3) is 4.08. The summed E-state index contributed by atoms with van der Waals surface area (Å²) in [6.07, 6.45) is 0. The Morgan fingerprint density at radius 1 is 1.25 bits per heavy atom. The molecule has 1 heterocycles. The van der Waals surface area contributed by atoms with Gasteiger partial charge in [0, 0.05) is 11.1 Å². The van der Waals surface area contributed by atoms with Crippen molar-refractivity contribution >= 4 is 11.9 Å². The first-order chi connectivity index (χ1) is 9.44. The molecule has 2 rings (SSSR count). The molecule has 0 aliphatic carbocycles. The first-order valence-corrected chi connectivity index (χ1v) is 6.38. The molecule has 6 heteroatoms. The molecule has 0 saturated heterocycles. The minimum atomic E-state index is -0.261. The van der Waals surface area contributed by atoms with Gasteiger partial charge in [-0.15, -0.1) is 0 Å². The van der Waals surface area contributed by atoms with Gasteiger partial charge in [0.15, 0.2) is 0 Å². The third-order valence-electron chi connectivity index (χ3n) is 2.37. The van der Waals surface area contributed by atoms with Crippen molar-refractivity contribution in [3.63, 3.8) is 0 Å². The smallest absolute Gasteiger partial charge is 0.322 e. The maximum absolute atomic E-state index is 11.6. The SMILES string of the molecule is CC(C)(C)NC(=O)CNc1nc(-c2ccccc2)no1. The Morgan fingerprint density at radius 3 is 2.60 bits per heavy atom. The number of benzene rings is 1. The van der Waals surface area contributed by atoms with Crippen molar-refractivity contribution in [2.45, 2.75) is 26.3 Å². The number of nitrogens with zero attached hydrogens (tertiary/aromatic N) is 2. The molecule has 0 saturated carbocycles. The summed E-state index contributed by atoms with van der Waals surface area (Å²) in [4.78, 5) is 15.8. The Hall–Kier alpha value is -2.37. The zero-order valence-electron chi connectivity index (χ0n) is 11.8. The summed E-state index contributed by atoms with van der Waals surface area (Å²) in [5.41, 5.74) is 0.603. The van der Waals surface area contributed by atoms with Crippen LogP contribution in [-0.4, -0.2) is 28.1 Å². The van der Waals surface area contributed by atoms with Gasteiger partial charge in [-0.2, -0.15) is 4.98 Å². The van der Waals surface area contributed by atoms with Crippen LogP contribution in [0.3, 0.4) is 0 Å². The van der Waals surface area contributed by atoms with Gasteiger partial charge >= 0.3 is 6.01 Å². The molecule has 0 bridgehead atoms. The summed E-state index contributed by atoms with van der Waals surface area (Å²) in [5, 5.41) is 9.50. The Bertz CT molecular complexity index is 572. The molecule has 1 aromatic heterocycles. The van der Waals surface area contributed by atoms with Gasteiger partial charge in [0.05, 0.1) is 6.54 Å². The van der Waals surface area contributed by atoms with Gasteiger partial charge in [-0.3, -0.25) is 4.79 Å². The predicted molar refractivity (Wildman–Crippen MR) is 76.1 cm³/mol. The molecule has 0 fully saturated rings. The number of carbonyl (C=O) groups excluding carboxylic acids is 1. The fraction of sp³-hybridized carbons (Fsp3) is 0.357. The molecule has 0 spiro atoms. The second-order valence-corrected chi connectivity index (χ2v) is 5.44. The number of hydrogen-bond acceptors (Lipinski definition) is 5. The number of amides is 1. The predicted octanol–water partition coefficient (Wildman–Crippen LogP) is 2.06. The van der Waals surface area contributed by atoms with Crippen LogP contribution in [0, 0.1) is 0 Å². The number of anilines is 1. The van der Waals surface area contributed by atoms with Gasteiger partial charge in [-0.1, -0.05) is 35.5 Å². The molecule has 1 aromatic carbocycles. The molecule has 2 N–H and O–H groups in total. The quantitative estimate of drug-likeness (QED) is 0.892. The van der Waals surface area contributed by atoms with E-state index >= 15 is 0 Å². The monoisotopic (exact) mass is 274 g/mol. The summed E-state index contributed by atoms with van der Waals surface area (Å²) in [5.74, 6) is 0.362. The van der Waals surface area contributed by atoms with Crippen molar-refractivity contribution in [1.82, 2.24) is 15.5 Å². The fourth-order valence-electron chi connectivity index (χ4n) is 1.62. The number of aromatic nitrogens is 2. The van der Waals surface area contributed by atoms with E-state index < -0.39 is 0 Å². The molecule has 1 amide bonds. The number of hydrogen-bond donors (Lipinski definition) is 2. The zero-order chi connectivity index (χ0) is 14.6. The molecular formula is C14H18N4O2. The van der Waals surface area contributed by atoms with Crippen LogP contribution < -0.4 is 10.6 Å². The van der Waals surface area contributed by atoms with Crippen molar-refractivity contribution in [2.75, 3.05) is 11.9 Å². The van der Waals surface area contributed by atoms with E-state index in [1.54, 1.807) is 0 Å². The number of rotatable bonds is 4. The van der Waals surface area contributed by atoms with Gasteiger partial charge in [-0.25, -0.2) is 0 Å². The standard InChI is InChI=1S/C14H18N4O2/c1-14(2,3)17-11(19)9-15-13-16-12(18-20-13)10-7-5-4-6-8-10/h4-8H,9H2,1-3H3,(H,17,19)(H,15,16,18). The lowest BCUT2D eigenvalue weighted by Crippen LogP contribution is -2.43. The minimum Gasteiger partial charge on any atom is -0.350 e. The second kappa shape index (κ2) is 5.73. The van der Waals surface area contributed by atoms with E-state index in [9.17, 15) is 4.79 Å². The Morgan fingerprint density at radius 2 is 1.95 bits per heavy atom. The molecule has 2 aromatic rings. The highest BCUT2D eigenvalue weighted by atomic mass is 16.5. The van der Waals surface area contributed by atoms with Crippen molar-refractivity contribution in [3.05, 3.63) is 30.3 Å². The average molecular weight is 274 g/mol. The van der Waals surface area contributed by atoms with Crippen LogP contribution in [0.1, 0.15) is 20.8 Å². The van der Waals surface area contributed by atoms with E-state index in [0.717, 1.165) is 5.56 Å². The van der Waals surface area contributed by atoms with Gasteiger partial charge in [0.25, 0.3) is 0 Å². The average Bonchev–Trinajstić information content (AvgIpc) is 2.84. The lowest BCUT2D eigenvalue weighted by molar-refractivity contribution is -0.120. The van der Waals surface area contributed by atoms with Crippen molar-refractivity contribution < 1.29 is 9.32 Å². The lowest BCUT2D eigenvalue weighted by atomic mass is 10.1. The molecular weight excluding hydrogens is 256 g/mol. The molecule has 20 heavy (non-hydrogen) atoms. The minimum absolute atomic E-state index is 0.0910. The molecule has 6 nitrogen and oxygen atoms in total. The summed E-state index contributed by atoms with van der Waals surface area (Å²) in [6, 6.07) is 9.72. The lowest BCUT2D eigenvalue weighted by Gasteiger charge is -2.20. The van der Waals surface area contributed by atoms with Crippen molar-refractivity contribution in [2.24, 2.45) is 0 Å². The third-order valence-corrected chi connectivity index (χ3v) is 2.37. The normalized spacial score (nSPS) is 11.2. The van der Waals surface area contributed by atoms with Crippen LogP contribution in [0.15, 0.2) is 34.9 Å². The molecule has 0 atom stereocenters.